The first-order valence-electron chi connectivity index (χ1n) is 7.54. The maximum Gasteiger partial charge on any atom is 0.255 e. The molecular weight excluding hydrogens is 294 g/mol. The molecule has 0 aliphatic carbocycles. The second kappa shape index (κ2) is 6.87. The van der Waals surface area contributed by atoms with Crippen molar-refractivity contribution in [2.24, 2.45) is 0 Å². The zero-order valence-corrected chi connectivity index (χ0v) is 14.1. The van der Waals surface area contributed by atoms with Crippen molar-refractivity contribution in [1.82, 2.24) is 5.32 Å². The molecule has 2 unspecified atom stereocenters. The van der Waals surface area contributed by atoms with Gasteiger partial charge in [0.25, 0.3) is 5.91 Å². The van der Waals surface area contributed by atoms with Gasteiger partial charge in [0.1, 0.15) is 17.3 Å². The van der Waals surface area contributed by atoms with Gasteiger partial charge in [0.05, 0.1) is 24.8 Å². The highest BCUT2D eigenvalue weighted by molar-refractivity contribution is 5.97. The molecule has 2 N–H and O–H groups in total. The number of nitrogens with one attached hydrogen (secondary N) is 1. The van der Waals surface area contributed by atoms with E-state index in [1.54, 1.807) is 45.2 Å². The van der Waals surface area contributed by atoms with Gasteiger partial charge < -0.3 is 19.6 Å². The fourth-order valence-corrected chi connectivity index (χ4v) is 2.58. The van der Waals surface area contributed by atoms with E-state index in [0.29, 0.717) is 11.3 Å². The Kier molecular flexibility index (Phi) is 5.11. The van der Waals surface area contributed by atoms with Crippen molar-refractivity contribution in [2.75, 3.05) is 7.11 Å². The van der Waals surface area contributed by atoms with Crippen LogP contribution in [0.5, 0.6) is 5.75 Å². The van der Waals surface area contributed by atoms with Crippen LogP contribution in [0.2, 0.25) is 0 Å². The molecule has 5 nitrogen and oxygen atoms in total. The topological polar surface area (TPSA) is 71.7 Å². The van der Waals surface area contributed by atoms with Crippen LogP contribution in [0, 0.1) is 20.8 Å². The lowest BCUT2D eigenvalue weighted by molar-refractivity contribution is 0.0850. The van der Waals surface area contributed by atoms with Crippen LogP contribution < -0.4 is 10.1 Å². The molecule has 124 valence electrons. The number of benzene rings is 1. The van der Waals surface area contributed by atoms with Crippen LogP contribution >= 0.6 is 0 Å². The van der Waals surface area contributed by atoms with Gasteiger partial charge in [-0.2, -0.15) is 0 Å². The van der Waals surface area contributed by atoms with Gasteiger partial charge in [0, 0.05) is 5.56 Å². The number of carbonyl (C=O) groups is 1. The third-order valence-electron chi connectivity index (χ3n) is 4.08. The van der Waals surface area contributed by atoms with Crippen LogP contribution in [0.4, 0.5) is 0 Å². The zero-order valence-electron chi connectivity index (χ0n) is 14.1. The van der Waals surface area contributed by atoms with Crippen molar-refractivity contribution >= 4 is 5.91 Å². The smallest absolute Gasteiger partial charge is 0.255 e. The maximum atomic E-state index is 12.4. The predicted molar refractivity (Wildman–Crippen MR) is 87.8 cm³/mol. The minimum atomic E-state index is -0.807. The molecule has 1 aromatic heterocycles. The van der Waals surface area contributed by atoms with Crippen LogP contribution in [0.1, 0.15) is 46.0 Å². The molecular formula is C18H23NO4. The summed E-state index contributed by atoms with van der Waals surface area (Å²) in [6.45, 7) is 7.21. The first-order chi connectivity index (χ1) is 10.8. The Balaban J connectivity index is 2.10. The molecule has 2 aromatic rings. The van der Waals surface area contributed by atoms with Gasteiger partial charge in [-0.15, -0.1) is 0 Å². The normalized spacial score (nSPS) is 13.5. The molecule has 5 heteroatoms. The summed E-state index contributed by atoms with van der Waals surface area (Å²) in [6.07, 6.45) is -0.807. The lowest BCUT2D eigenvalue weighted by atomic mass is 10.0. The summed E-state index contributed by atoms with van der Waals surface area (Å²) in [4.78, 5) is 12.4. The molecule has 0 aliphatic rings. The Labute approximate surface area is 136 Å². The minimum Gasteiger partial charge on any atom is -0.497 e. The first kappa shape index (κ1) is 17.1. The number of aliphatic hydroxyl groups excluding tert-OH is 1. The number of methoxy groups -OCH3 is 1. The van der Waals surface area contributed by atoms with Crippen LogP contribution in [-0.4, -0.2) is 24.2 Å². The van der Waals surface area contributed by atoms with Gasteiger partial charge in [-0.3, -0.25) is 4.79 Å². The fraction of sp³-hybridized carbons (Fsp3) is 0.389. The fourth-order valence-electron chi connectivity index (χ4n) is 2.58. The number of rotatable bonds is 5. The number of aryl methyl sites for hydroxylation is 2. The molecule has 23 heavy (non-hydrogen) atoms. The Morgan fingerprint density at radius 1 is 1.17 bits per heavy atom. The molecule has 2 rings (SSSR count). The van der Waals surface area contributed by atoms with Crippen LogP contribution in [0.15, 0.2) is 28.7 Å². The molecule has 2 atom stereocenters. The third-order valence-corrected chi connectivity index (χ3v) is 4.08. The van der Waals surface area contributed by atoms with Gasteiger partial charge in [-0.05, 0) is 45.4 Å². The quantitative estimate of drug-likeness (QED) is 0.889. The first-order valence-corrected chi connectivity index (χ1v) is 7.54. The Hall–Kier alpha value is -2.27. The number of hydrogen-bond acceptors (Lipinski definition) is 4. The largest absolute Gasteiger partial charge is 0.497 e. The number of carbonyl (C=O) groups excluding carboxylic acids is 1. The maximum absolute atomic E-state index is 12.4. The predicted octanol–water partition coefficient (Wildman–Crippen LogP) is 3.07. The van der Waals surface area contributed by atoms with E-state index < -0.39 is 12.1 Å². The lowest BCUT2D eigenvalue weighted by Crippen LogP contribution is -2.37. The molecule has 0 fully saturated rings. The van der Waals surface area contributed by atoms with Crippen molar-refractivity contribution in [3.63, 3.8) is 0 Å². The molecule has 1 aromatic carbocycles. The van der Waals surface area contributed by atoms with E-state index in [2.05, 4.69) is 5.32 Å². The molecule has 0 radical (unpaired) electrons. The van der Waals surface area contributed by atoms with Crippen molar-refractivity contribution in [3.05, 3.63) is 52.5 Å². The van der Waals surface area contributed by atoms with Gasteiger partial charge in [-0.1, -0.05) is 12.1 Å². The molecule has 0 saturated heterocycles. The van der Waals surface area contributed by atoms with E-state index in [1.807, 2.05) is 13.8 Å². The molecule has 0 aliphatic heterocycles. The van der Waals surface area contributed by atoms with Gasteiger partial charge in [0.15, 0.2) is 0 Å². The number of furan rings is 1. The summed E-state index contributed by atoms with van der Waals surface area (Å²) < 4.78 is 10.6. The summed E-state index contributed by atoms with van der Waals surface area (Å²) in [5.74, 6) is 1.80. The SMILES string of the molecule is COc1ccc(C(O)C(C)NC(=O)c2c(C)oc(C)c2C)cc1. The lowest BCUT2D eigenvalue weighted by Gasteiger charge is -2.21. The van der Waals surface area contributed by atoms with Crippen molar-refractivity contribution in [1.29, 1.82) is 0 Å². The number of aliphatic hydroxyl groups is 1. The van der Waals surface area contributed by atoms with Crippen LogP contribution in [0.3, 0.4) is 0 Å². The Morgan fingerprint density at radius 2 is 1.78 bits per heavy atom. The van der Waals surface area contributed by atoms with Gasteiger partial charge >= 0.3 is 0 Å². The highest BCUT2D eigenvalue weighted by atomic mass is 16.5. The van der Waals surface area contributed by atoms with E-state index in [1.165, 1.54) is 0 Å². The van der Waals surface area contributed by atoms with Crippen LogP contribution in [-0.2, 0) is 0 Å². The van der Waals surface area contributed by atoms with Crippen molar-refractivity contribution in [3.8, 4) is 5.75 Å². The summed E-state index contributed by atoms with van der Waals surface area (Å²) >= 11 is 0. The van der Waals surface area contributed by atoms with E-state index in [4.69, 9.17) is 9.15 Å². The summed E-state index contributed by atoms with van der Waals surface area (Å²) in [5.41, 5.74) is 2.08. The third kappa shape index (κ3) is 3.56. The molecule has 0 bridgehead atoms. The van der Waals surface area contributed by atoms with Crippen molar-refractivity contribution in [2.45, 2.75) is 39.8 Å². The van der Waals surface area contributed by atoms with Crippen molar-refractivity contribution < 1.29 is 19.1 Å². The minimum absolute atomic E-state index is 0.239. The Morgan fingerprint density at radius 3 is 2.26 bits per heavy atom. The Bertz CT molecular complexity index is 688. The van der Waals surface area contributed by atoms with E-state index >= 15 is 0 Å². The summed E-state index contributed by atoms with van der Waals surface area (Å²) in [5, 5.41) is 13.3. The average Bonchev–Trinajstić information content (AvgIpc) is 2.79. The highest BCUT2D eigenvalue weighted by Gasteiger charge is 2.23. The second-order valence-electron chi connectivity index (χ2n) is 5.69. The zero-order chi connectivity index (χ0) is 17.1. The average molecular weight is 317 g/mol. The monoisotopic (exact) mass is 317 g/mol. The van der Waals surface area contributed by atoms with Crippen LogP contribution in [0.25, 0.3) is 0 Å². The highest BCUT2D eigenvalue weighted by Crippen LogP contribution is 2.23. The van der Waals surface area contributed by atoms with Gasteiger partial charge in [-0.25, -0.2) is 0 Å². The molecule has 1 heterocycles. The second-order valence-corrected chi connectivity index (χ2v) is 5.69. The number of hydrogen-bond donors (Lipinski definition) is 2. The molecule has 0 saturated carbocycles. The van der Waals surface area contributed by atoms with E-state index in [9.17, 15) is 9.90 Å². The standard InChI is InChI=1S/C18H23NO4/c1-10-12(3)23-13(4)16(10)18(21)19-11(2)17(20)14-6-8-15(22-5)9-7-14/h6-9,11,17,20H,1-5H3,(H,19,21). The number of amides is 1. The summed E-state index contributed by atoms with van der Waals surface area (Å²) in [7, 11) is 1.59. The summed E-state index contributed by atoms with van der Waals surface area (Å²) in [6, 6.07) is 6.68. The molecule has 1 amide bonds. The van der Waals surface area contributed by atoms with E-state index in [-0.39, 0.29) is 5.91 Å². The molecule has 0 spiro atoms. The number of ether oxygens (including phenoxy) is 1. The van der Waals surface area contributed by atoms with Gasteiger partial charge in [0.2, 0.25) is 0 Å². The van der Waals surface area contributed by atoms with E-state index in [0.717, 1.165) is 22.6 Å².